The molecule has 0 spiro atoms. The number of anilines is 6. The van der Waals surface area contributed by atoms with Crippen molar-refractivity contribution in [1.82, 2.24) is 0 Å². The van der Waals surface area contributed by atoms with E-state index in [1.165, 1.54) is 22.3 Å². The van der Waals surface area contributed by atoms with Gasteiger partial charge in [0.1, 0.15) is 0 Å². The van der Waals surface area contributed by atoms with Crippen molar-refractivity contribution < 1.29 is 0 Å². The third-order valence-corrected chi connectivity index (χ3v) is 11.0. The van der Waals surface area contributed by atoms with E-state index < -0.39 is 0 Å². The van der Waals surface area contributed by atoms with Crippen LogP contribution in [0.1, 0.15) is 65.0 Å². The van der Waals surface area contributed by atoms with Gasteiger partial charge >= 0.3 is 0 Å². The maximum Gasteiger partial charge on any atom is 0.0664 e. The van der Waals surface area contributed by atoms with Gasteiger partial charge in [0, 0.05) is 34.1 Å². The fourth-order valence-electron chi connectivity index (χ4n) is 6.80. The predicted octanol–water partition coefficient (Wildman–Crippen LogP) is 13.6. The fourth-order valence-corrected chi connectivity index (χ4v) is 6.80. The molecule has 0 bridgehead atoms. The minimum absolute atomic E-state index is 0.0263. The first-order valence-electron chi connectivity index (χ1n) is 18.1. The van der Waals surface area contributed by atoms with Crippen LogP contribution < -0.4 is 9.80 Å². The van der Waals surface area contributed by atoms with Gasteiger partial charge in [-0.2, -0.15) is 0 Å². The highest BCUT2D eigenvalue weighted by Crippen LogP contribution is 2.40. The molecule has 2 nitrogen and oxygen atoms in total. The molecular weight excluding hydrogens is 603 g/mol. The third kappa shape index (κ3) is 7.14. The van der Waals surface area contributed by atoms with E-state index in [1.54, 1.807) is 0 Å². The van der Waals surface area contributed by atoms with E-state index in [-0.39, 0.29) is 10.8 Å². The lowest BCUT2D eigenvalue weighted by molar-refractivity contribution is 0.439. The molecule has 6 aromatic rings. The van der Waals surface area contributed by atoms with Crippen molar-refractivity contribution >= 4 is 42.0 Å². The molecule has 0 heterocycles. The lowest BCUT2D eigenvalue weighted by atomic mass is 9.71. The van der Waals surface area contributed by atoms with Crippen molar-refractivity contribution in [2.75, 3.05) is 9.80 Å². The second-order valence-corrected chi connectivity index (χ2v) is 13.9. The summed E-state index contributed by atoms with van der Waals surface area (Å²) in [7, 11) is 6.18. The smallest absolute Gasteiger partial charge is 0.0664 e. The molecular formula is C47H49BN2. The summed E-state index contributed by atoms with van der Waals surface area (Å²) >= 11 is 0. The van der Waals surface area contributed by atoms with E-state index in [9.17, 15) is 0 Å². The second kappa shape index (κ2) is 15.3. The van der Waals surface area contributed by atoms with Crippen LogP contribution in [-0.4, -0.2) is 7.85 Å². The molecule has 0 saturated carbocycles. The van der Waals surface area contributed by atoms with Gasteiger partial charge in [0.25, 0.3) is 0 Å². The highest BCUT2D eigenvalue weighted by atomic mass is 15.1. The van der Waals surface area contributed by atoms with Crippen molar-refractivity contribution in [2.45, 2.75) is 71.0 Å². The van der Waals surface area contributed by atoms with Crippen LogP contribution in [0, 0.1) is 0 Å². The van der Waals surface area contributed by atoms with E-state index in [4.69, 9.17) is 7.85 Å². The molecule has 6 rings (SSSR count). The summed E-state index contributed by atoms with van der Waals surface area (Å²) in [6.07, 6.45) is 3.88. The van der Waals surface area contributed by atoms with Crippen molar-refractivity contribution in [1.29, 1.82) is 0 Å². The fraction of sp³-hybridized carbons (Fsp3) is 0.234. The molecule has 1 atom stereocenters. The number of hydrogen-bond acceptors (Lipinski definition) is 2. The average Bonchev–Trinajstić information content (AvgIpc) is 3.19. The Balaban J connectivity index is 1.29. The van der Waals surface area contributed by atoms with Gasteiger partial charge in [-0.1, -0.05) is 126 Å². The summed E-state index contributed by atoms with van der Waals surface area (Å²) < 4.78 is 0. The van der Waals surface area contributed by atoms with Crippen LogP contribution in [0.5, 0.6) is 0 Å². The van der Waals surface area contributed by atoms with Crippen molar-refractivity contribution in [3.05, 3.63) is 169 Å². The Bertz CT molecular complexity index is 1780. The molecule has 0 aliphatic rings. The first-order chi connectivity index (χ1) is 24.3. The van der Waals surface area contributed by atoms with Gasteiger partial charge in [0.15, 0.2) is 0 Å². The molecule has 0 aliphatic carbocycles. The average molecular weight is 653 g/mol. The largest absolute Gasteiger partial charge is 0.311 e. The molecule has 0 fully saturated rings. The van der Waals surface area contributed by atoms with Gasteiger partial charge in [-0.3, -0.25) is 0 Å². The Labute approximate surface area is 301 Å². The lowest BCUT2D eigenvalue weighted by Gasteiger charge is -2.30. The summed E-state index contributed by atoms with van der Waals surface area (Å²) in [5, 5.41) is 0. The van der Waals surface area contributed by atoms with Crippen molar-refractivity contribution in [3.8, 4) is 11.1 Å². The van der Waals surface area contributed by atoms with E-state index in [1.807, 2.05) is 0 Å². The molecule has 0 saturated heterocycles. The SMILES string of the molecule is [B]CC(C)(CC)c1ccc(N(c2ccccc2)c2ccc(-c3ccc(N(c4ccccc4)c4ccc(C(C)(CC)CC)cc4)cc3)cc2)cc1. The number of nitrogens with zero attached hydrogens (tertiary/aromatic N) is 2. The Morgan fingerprint density at radius 1 is 0.380 bits per heavy atom. The van der Waals surface area contributed by atoms with Crippen LogP contribution in [-0.2, 0) is 10.8 Å². The first kappa shape index (κ1) is 34.8. The summed E-state index contributed by atoms with van der Waals surface area (Å²) in [5.41, 5.74) is 12.0. The van der Waals surface area contributed by atoms with Crippen LogP contribution in [0.15, 0.2) is 158 Å². The molecule has 50 heavy (non-hydrogen) atoms. The van der Waals surface area contributed by atoms with Gasteiger partial charge in [-0.25, -0.2) is 0 Å². The number of para-hydroxylation sites is 2. The van der Waals surface area contributed by atoms with E-state index in [0.29, 0.717) is 6.32 Å². The molecule has 0 aromatic heterocycles. The van der Waals surface area contributed by atoms with Crippen LogP contribution in [0.4, 0.5) is 34.1 Å². The minimum atomic E-state index is -0.0263. The number of benzene rings is 6. The molecule has 0 N–H and O–H groups in total. The first-order valence-corrected chi connectivity index (χ1v) is 18.1. The van der Waals surface area contributed by atoms with Crippen LogP contribution in [0.25, 0.3) is 11.1 Å². The highest BCUT2D eigenvalue weighted by Gasteiger charge is 2.24. The maximum absolute atomic E-state index is 6.18. The van der Waals surface area contributed by atoms with E-state index >= 15 is 0 Å². The zero-order valence-corrected chi connectivity index (χ0v) is 30.3. The Hall–Kier alpha value is -5.02. The number of rotatable bonds is 13. The summed E-state index contributed by atoms with van der Waals surface area (Å²) in [6.45, 7) is 11.4. The molecule has 2 radical (unpaired) electrons. The molecule has 6 aromatic carbocycles. The van der Waals surface area contributed by atoms with Gasteiger partial charge in [-0.05, 0) is 125 Å². The zero-order chi connectivity index (χ0) is 35.1. The second-order valence-electron chi connectivity index (χ2n) is 13.9. The number of hydrogen-bond donors (Lipinski definition) is 0. The monoisotopic (exact) mass is 652 g/mol. The lowest BCUT2D eigenvalue weighted by Crippen LogP contribution is -2.20. The topological polar surface area (TPSA) is 6.48 Å². The van der Waals surface area contributed by atoms with Gasteiger partial charge < -0.3 is 9.80 Å². The predicted molar refractivity (Wildman–Crippen MR) is 217 cm³/mol. The normalized spacial score (nSPS) is 12.7. The van der Waals surface area contributed by atoms with Crippen molar-refractivity contribution in [2.24, 2.45) is 0 Å². The summed E-state index contributed by atoms with van der Waals surface area (Å²) in [5.74, 6) is 0. The molecule has 250 valence electrons. The van der Waals surface area contributed by atoms with E-state index in [2.05, 4.69) is 202 Å². The van der Waals surface area contributed by atoms with E-state index in [0.717, 1.165) is 53.4 Å². The summed E-state index contributed by atoms with van der Waals surface area (Å²) in [4.78, 5) is 4.65. The molecule has 3 heteroatoms. The Morgan fingerprint density at radius 2 is 0.660 bits per heavy atom. The third-order valence-electron chi connectivity index (χ3n) is 11.0. The van der Waals surface area contributed by atoms with Gasteiger partial charge in [-0.15, -0.1) is 0 Å². The Kier molecular flexibility index (Phi) is 10.6. The zero-order valence-electron chi connectivity index (χ0n) is 30.3. The van der Waals surface area contributed by atoms with Gasteiger partial charge in [0.05, 0.1) is 7.85 Å². The van der Waals surface area contributed by atoms with Crippen LogP contribution in [0.3, 0.4) is 0 Å². The minimum Gasteiger partial charge on any atom is -0.311 e. The van der Waals surface area contributed by atoms with Crippen LogP contribution >= 0.6 is 0 Å². The molecule has 0 aliphatic heterocycles. The standard InChI is InChI=1S/C47H49BN2/c1-6-46(4,7-2)38-23-31-44(32-24-38)49(40-15-11-9-12-16-40)42-27-19-36(20-28-42)37-21-29-43(30-22-37)50(41-17-13-10-14-18-41)45-33-25-39(26-34-45)47(5,8-3)35-48/h9-34H,6-8,35H2,1-5H3. The highest BCUT2D eigenvalue weighted by molar-refractivity contribution is 6.09. The van der Waals surface area contributed by atoms with Gasteiger partial charge in [0.2, 0.25) is 0 Å². The Morgan fingerprint density at radius 3 is 0.960 bits per heavy atom. The summed E-state index contributed by atoms with van der Waals surface area (Å²) in [6, 6.07) is 57.1. The molecule has 1 unspecified atom stereocenters. The molecule has 0 amide bonds. The maximum atomic E-state index is 6.18. The quantitative estimate of drug-likeness (QED) is 0.115. The van der Waals surface area contributed by atoms with Crippen molar-refractivity contribution in [3.63, 3.8) is 0 Å². The van der Waals surface area contributed by atoms with Crippen LogP contribution in [0.2, 0.25) is 6.32 Å².